The Morgan fingerprint density at radius 3 is 2.41 bits per heavy atom. The Bertz CT molecular complexity index is 968. The van der Waals surface area contributed by atoms with Gasteiger partial charge in [0.25, 0.3) is 0 Å². The SMILES string of the molecule is CC(O)C(NC(=O)C(CCCN=C(N)N)NC(=O)C(N)Cc1ccccc1)C(=O)N1CCCC1C(=O)O. The quantitative estimate of drug-likeness (QED) is 0.0870. The zero-order valence-corrected chi connectivity index (χ0v) is 20.9. The number of hydrogen-bond donors (Lipinski definition) is 7. The topological polar surface area (TPSA) is 226 Å². The second kappa shape index (κ2) is 14.1. The molecule has 1 heterocycles. The molecule has 3 amide bonds. The minimum atomic E-state index is -1.40. The van der Waals surface area contributed by atoms with Gasteiger partial charge in [-0.05, 0) is 44.6 Å². The smallest absolute Gasteiger partial charge is 0.326 e. The van der Waals surface area contributed by atoms with Crippen LogP contribution < -0.4 is 27.8 Å². The Balaban J connectivity index is 2.13. The van der Waals surface area contributed by atoms with Crippen LogP contribution in [0.25, 0.3) is 0 Å². The number of aliphatic hydroxyl groups excluding tert-OH is 1. The van der Waals surface area contributed by atoms with Crippen LogP contribution in [0.4, 0.5) is 0 Å². The van der Waals surface area contributed by atoms with Crippen molar-refractivity contribution in [2.75, 3.05) is 13.1 Å². The molecule has 2 rings (SSSR count). The van der Waals surface area contributed by atoms with Gasteiger partial charge in [0.15, 0.2) is 5.96 Å². The first-order chi connectivity index (χ1) is 17.5. The van der Waals surface area contributed by atoms with Gasteiger partial charge in [-0.2, -0.15) is 0 Å². The first-order valence-corrected chi connectivity index (χ1v) is 12.2. The van der Waals surface area contributed by atoms with E-state index in [0.717, 1.165) is 10.5 Å². The molecule has 0 bridgehead atoms. The molecule has 1 fully saturated rings. The summed E-state index contributed by atoms with van der Waals surface area (Å²) in [5.41, 5.74) is 17.6. The third-order valence-electron chi connectivity index (χ3n) is 6.08. The van der Waals surface area contributed by atoms with E-state index in [0.29, 0.717) is 12.8 Å². The molecular formula is C24H37N7O6. The van der Waals surface area contributed by atoms with Gasteiger partial charge in [-0.3, -0.25) is 19.4 Å². The summed E-state index contributed by atoms with van der Waals surface area (Å²) in [5, 5.41) is 24.8. The third kappa shape index (κ3) is 9.03. The summed E-state index contributed by atoms with van der Waals surface area (Å²) in [4.78, 5) is 55.6. The molecule has 0 aliphatic carbocycles. The number of rotatable bonds is 13. The number of aliphatic hydroxyl groups is 1. The van der Waals surface area contributed by atoms with E-state index >= 15 is 0 Å². The lowest BCUT2D eigenvalue weighted by molar-refractivity contribution is -0.150. The lowest BCUT2D eigenvalue weighted by Gasteiger charge is -2.30. The zero-order chi connectivity index (χ0) is 27.5. The van der Waals surface area contributed by atoms with Gasteiger partial charge in [0.1, 0.15) is 18.1 Å². The van der Waals surface area contributed by atoms with Crippen molar-refractivity contribution in [2.45, 2.75) is 69.3 Å². The average Bonchev–Trinajstić information content (AvgIpc) is 3.34. The number of carboxylic acid groups (broad SMARTS) is 1. The standard InChI is InChI=1S/C24H37N7O6/c1-14(32)19(22(35)31-12-6-10-18(31)23(36)37)30-21(34)17(9-5-11-28-24(26)27)29-20(33)16(25)13-15-7-3-2-4-8-15/h2-4,7-8,14,16-19,32H,5-6,9-13,25H2,1H3,(H,29,33)(H,30,34)(H,36,37)(H4,26,27,28). The fraction of sp³-hybridized carbons (Fsp3) is 0.542. The highest BCUT2D eigenvalue weighted by atomic mass is 16.4. The molecule has 5 atom stereocenters. The van der Waals surface area contributed by atoms with Crippen molar-refractivity contribution in [1.82, 2.24) is 15.5 Å². The number of nitrogens with two attached hydrogens (primary N) is 3. The van der Waals surface area contributed by atoms with Crippen molar-refractivity contribution in [2.24, 2.45) is 22.2 Å². The predicted molar refractivity (Wildman–Crippen MR) is 136 cm³/mol. The average molecular weight is 520 g/mol. The number of amides is 3. The maximum Gasteiger partial charge on any atom is 0.326 e. The van der Waals surface area contributed by atoms with E-state index < -0.39 is 54.0 Å². The van der Waals surface area contributed by atoms with Gasteiger partial charge in [-0.1, -0.05) is 30.3 Å². The van der Waals surface area contributed by atoms with Gasteiger partial charge in [0, 0.05) is 13.1 Å². The zero-order valence-electron chi connectivity index (χ0n) is 20.9. The van der Waals surface area contributed by atoms with Gasteiger partial charge in [-0.25, -0.2) is 4.79 Å². The van der Waals surface area contributed by atoms with E-state index in [1.165, 1.54) is 6.92 Å². The number of carbonyl (C=O) groups is 4. The number of nitrogens with one attached hydrogen (secondary N) is 2. The molecular weight excluding hydrogens is 482 g/mol. The maximum atomic E-state index is 13.2. The number of carbonyl (C=O) groups excluding carboxylic acids is 3. The largest absolute Gasteiger partial charge is 0.480 e. The first kappa shape index (κ1) is 29.5. The van der Waals surface area contributed by atoms with Crippen LogP contribution in [0.5, 0.6) is 0 Å². The summed E-state index contributed by atoms with van der Waals surface area (Å²) in [6, 6.07) is 4.66. The van der Waals surface area contributed by atoms with E-state index in [1.54, 1.807) is 0 Å². The molecule has 37 heavy (non-hydrogen) atoms. The van der Waals surface area contributed by atoms with E-state index in [2.05, 4.69) is 15.6 Å². The maximum absolute atomic E-state index is 13.2. The van der Waals surface area contributed by atoms with Crippen molar-refractivity contribution in [3.8, 4) is 0 Å². The molecule has 0 radical (unpaired) electrons. The molecule has 0 spiro atoms. The molecule has 1 aliphatic heterocycles. The van der Waals surface area contributed by atoms with Crippen molar-refractivity contribution in [3.63, 3.8) is 0 Å². The number of likely N-dealkylation sites (tertiary alicyclic amines) is 1. The Labute approximate surface area is 215 Å². The molecule has 1 aromatic rings. The highest BCUT2D eigenvalue weighted by Gasteiger charge is 2.40. The Kier molecular flexibility index (Phi) is 11.3. The van der Waals surface area contributed by atoms with E-state index in [-0.39, 0.29) is 38.3 Å². The number of benzene rings is 1. The first-order valence-electron chi connectivity index (χ1n) is 12.2. The lowest BCUT2D eigenvalue weighted by atomic mass is 10.0. The number of aliphatic imine (C=N–C) groups is 1. The van der Waals surface area contributed by atoms with E-state index in [9.17, 15) is 29.4 Å². The van der Waals surface area contributed by atoms with Gasteiger partial charge >= 0.3 is 5.97 Å². The Morgan fingerprint density at radius 2 is 1.81 bits per heavy atom. The summed E-state index contributed by atoms with van der Waals surface area (Å²) >= 11 is 0. The van der Waals surface area contributed by atoms with Gasteiger partial charge in [0.2, 0.25) is 17.7 Å². The Hall–Kier alpha value is -3.71. The van der Waals surface area contributed by atoms with E-state index in [4.69, 9.17) is 17.2 Å². The predicted octanol–water partition coefficient (Wildman–Crippen LogP) is -1.96. The molecule has 5 unspecified atom stereocenters. The second-order valence-corrected chi connectivity index (χ2v) is 9.06. The van der Waals surface area contributed by atoms with Crippen molar-refractivity contribution in [1.29, 1.82) is 0 Å². The van der Waals surface area contributed by atoms with Crippen LogP contribution in [0.3, 0.4) is 0 Å². The summed E-state index contributed by atoms with van der Waals surface area (Å²) in [7, 11) is 0. The number of aliphatic carboxylic acids is 1. The molecule has 0 aromatic heterocycles. The molecule has 1 aromatic carbocycles. The minimum absolute atomic E-state index is 0.117. The fourth-order valence-electron chi connectivity index (χ4n) is 4.12. The third-order valence-corrected chi connectivity index (χ3v) is 6.08. The molecule has 204 valence electrons. The van der Waals surface area contributed by atoms with Crippen LogP contribution >= 0.6 is 0 Å². The molecule has 13 heteroatoms. The number of nitrogens with zero attached hydrogens (tertiary/aromatic N) is 2. The van der Waals surface area contributed by atoms with Crippen molar-refractivity contribution in [3.05, 3.63) is 35.9 Å². The Morgan fingerprint density at radius 1 is 1.14 bits per heavy atom. The summed E-state index contributed by atoms with van der Waals surface area (Å²) in [6.45, 7) is 1.71. The monoisotopic (exact) mass is 519 g/mol. The number of carboxylic acids is 1. The lowest BCUT2D eigenvalue weighted by Crippen LogP contribution is -2.60. The van der Waals surface area contributed by atoms with Gasteiger partial charge in [-0.15, -0.1) is 0 Å². The van der Waals surface area contributed by atoms with Crippen LogP contribution in [0.2, 0.25) is 0 Å². The molecule has 10 N–H and O–H groups in total. The fourth-order valence-corrected chi connectivity index (χ4v) is 4.12. The summed E-state index contributed by atoms with van der Waals surface area (Å²) in [6.07, 6.45) is 0.148. The number of guanidine groups is 1. The highest BCUT2D eigenvalue weighted by molar-refractivity contribution is 5.94. The normalized spacial score (nSPS) is 18.2. The summed E-state index contributed by atoms with van der Waals surface area (Å²) in [5.74, 6) is -3.28. The number of hydrogen-bond acceptors (Lipinski definition) is 7. The molecule has 0 saturated carbocycles. The molecule has 13 nitrogen and oxygen atoms in total. The van der Waals surface area contributed by atoms with Crippen LogP contribution in [0.1, 0.15) is 38.2 Å². The van der Waals surface area contributed by atoms with Crippen LogP contribution in [0.15, 0.2) is 35.3 Å². The van der Waals surface area contributed by atoms with E-state index in [1.807, 2.05) is 30.3 Å². The van der Waals surface area contributed by atoms with Crippen LogP contribution in [0, 0.1) is 0 Å². The minimum Gasteiger partial charge on any atom is -0.480 e. The van der Waals surface area contributed by atoms with Gasteiger partial charge < -0.3 is 42.9 Å². The van der Waals surface area contributed by atoms with Gasteiger partial charge in [0.05, 0.1) is 12.1 Å². The highest BCUT2D eigenvalue weighted by Crippen LogP contribution is 2.19. The summed E-state index contributed by atoms with van der Waals surface area (Å²) < 4.78 is 0. The van der Waals surface area contributed by atoms with Crippen LogP contribution in [-0.2, 0) is 25.6 Å². The van der Waals surface area contributed by atoms with Crippen molar-refractivity contribution >= 4 is 29.7 Å². The second-order valence-electron chi connectivity index (χ2n) is 9.06. The molecule has 1 aliphatic rings. The molecule has 1 saturated heterocycles. The van der Waals surface area contributed by atoms with Crippen LogP contribution in [-0.4, -0.2) is 88.1 Å². The van der Waals surface area contributed by atoms with Crippen molar-refractivity contribution < 1.29 is 29.4 Å².